The van der Waals surface area contributed by atoms with Gasteiger partial charge in [0.15, 0.2) is 10.7 Å². The standard InChI is InChI=1S/C9H5ClN2O/c10-9-8-7(11-12-9)5-3-1-2-4-6(5)13-8/h1-4H,(H,11,12). The summed E-state index contributed by atoms with van der Waals surface area (Å²) < 4.78 is 5.50. The first-order valence-electron chi connectivity index (χ1n) is 3.87. The molecule has 0 saturated carbocycles. The number of fused-ring (bicyclic) bond motifs is 3. The van der Waals surface area contributed by atoms with E-state index in [2.05, 4.69) is 10.2 Å². The van der Waals surface area contributed by atoms with E-state index in [-0.39, 0.29) is 0 Å². The Morgan fingerprint density at radius 1 is 1.31 bits per heavy atom. The topological polar surface area (TPSA) is 41.8 Å². The Morgan fingerprint density at radius 3 is 3.08 bits per heavy atom. The van der Waals surface area contributed by atoms with E-state index in [0.717, 1.165) is 16.5 Å². The lowest BCUT2D eigenvalue weighted by molar-refractivity contribution is 0.668. The van der Waals surface area contributed by atoms with Crippen molar-refractivity contribution in [2.45, 2.75) is 0 Å². The number of para-hydroxylation sites is 1. The van der Waals surface area contributed by atoms with E-state index >= 15 is 0 Å². The van der Waals surface area contributed by atoms with Crippen LogP contribution in [0.3, 0.4) is 0 Å². The van der Waals surface area contributed by atoms with Crippen molar-refractivity contribution >= 4 is 33.7 Å². The van der Waals surface area contributed by atoms with Gasteiger partial charge in [0.1, 0.15) is 11.1 Å². The van der Waals surface area contributed by atoms with E-state index < -0.39 is 0 Å². The summed E-state index contributed by atoms with van der Waals surface area (Å²) in [4.78, 5) is 0. The third-order valence-electron chi connectivity index (χ3n) is 2.03. The Labute approximate surface area is 78.3 Å². The normalized spacial score (nSPS) is 11.5. The van der Waals surface area contributed by atoms with Crippen LogP contribution in [0.4, 0.5) is 0 Å². The van der Waals surface area contributed by atoms with Crippen LogP contribution in [0.1, 0.15) is 0 Å². The van der Waals surface area contributed by atoms with Gasteiger partial charge in [-0.05, 0) is 12.1 Å². The van der Waals surface area contributed by atoms with Gasteiger partial charge in [0.2, 0.25) is 0 Å². The summed E-state index contributed by atoms with van der Waals surface area (Å²) in [7, 11) is 0. The van der Waals surface area contributed by atoms with Crippen molar-refractivity contribution < 1.29 is 4.42 Å². The third kappa shape index (κ3) is 0.820. The molecule has 0 amide bonds. The van der Waals surface area contributed by atoms with Crippen LogP contribution in [-0.4, -0.2) is 10.2 Å². The maximum absolute atomic E-state index is 5.83. The Balaban J connectivity index is 2.64. The van der Waals surface area contributed by atoms with E-state index in [9.17, 15) is 0 Å². The summed E-state index contributed by atoms with van der Waals surface area (Å²) in [6.45, 7) is 0. The number of aromatic nitrogens is 2. The monoisotopic (exact) mass is 192 g/mol. The van der Waals surface area contributed by atoms with Gasteiger partial charge in [-0.2, -0.15) is 5.10 Å². The predicted octanol–water partition coefficient (Wildman–Crippen LogP) is 2.96. The van der Waals surface area contributed by atoms with Gasteiger partial charge in [-0.3, -0.25) is 5.10 Å². The van der Waals surface area contributed by atoms with E-state index in [1.165, 1.54) is 0 Å². The first kappa shape index (κ1) is 6.97. The second-order valence-electron chi connectivity index (χ2n) is 2.81. The van der Waals surface area contributed by atoms with E-state index in [1.54, 1.807) is 0 Å². The predicted molar refractivity (Wildman–Crippen MR) is 50.9 cm³/mol. The quantitative estimate of drug-likeness (QED) is 0.595. The molecule has 0 aliphatic carbocycles. The molecule has 0 radical (unpaired) electrons. The highest BCUT2D eigenvalue weighted by Gasteiger charge is 2.11. The van der Waals surface area contributed by atoms with E-state index in [4.69, 9.17) is 16.0 Å². The van der Waals surface area contributed by atoms with Crippen molar-refractivity contribution in [2.24, 2.45) is 0 Å². The Kier molecular flexibility index (Phi) is 1.21. The molecule has 0 saturated heterocycles. The number of nitrogens with zero attached hydrogens (tertiary/aromatic N) is 1. The molecule has 2 heterocycles. The summed E-state index contributed by atoms with van der Waals surface area (Å²) in [6, 6.07) is 7.72. The molecule has 3 aromatic rings. The van der Waals surface area contributed by atoms with Gasteiger partial charge < -0.3 is 4.42 Å². The summed E-state index contributed by atoms with van der Waals surface area (Å²) in [5.74, 6) is 0. The number of H-pyrrole nitrogens is 1. The highest BCUT2D eigenvalue weighted by molar-refractivity contribution is 6.34. The van der Waals surface area contributed by atoms with E-state index in [0.29, 0.717) is 10.7 Å². The largest absolute Gasteiger partial charge is 0.451 e. The maximum Gasteiger partial charge on any atom is 0.192 e. The summed E-state index contributed by atoms with van der Waals surface area (Å²) in [6.07, 6.45) is 0. The minimum Gasteiger partial charge on any atom is -0.451 e. The first-order valence-corrected chi connectivity index (χ1v) is 4.25. The number of hydrogen-bond donors (Lipinski definition) is 1. The summed E-state index contributed by atoms with van der Waals surface area (Å²) >= 11 is 5.83. The van der Waals surface area contributed by atoms with Gasteiger partial charge >= 0.3 is 0 Å². The molecule has 0 spiro atoms. The van der Waals surface area contributed by atoms with Gasteiger partial charge in [-0.25, -0.2) is 0 Å². The number of hydrogen-bond acceptors (Lipinski definition) is 2. The fourth-order valence-corrected chi connectivity index (χ4v) is 1.62. The molecule has 2 aromatic heterocycles. The van der Waals surface area contributed by atoms with Crippen molar-refractivity contribution in [1.29, 1.82) is 0 Å². The Morgan fingerprint density at radius 2 is 2.15 bits per heavy atom. The van der Waals surface area contributed by atoms with Crippen LogP contribution in [0.5, 0.6) is 0 Å². The lowest BCUT2D eigenvalue weighted by atomic mass is 10.2. The highest BCUT2D eigenvalue weighted by Crippen LogP contribution is 2.30. The SMILES string of the molecule is Clc1[nH]nc2c1oc1ccccc12. The average Bonchev–Trinajstić information content (AvgIpc) is 2.67. The molecule has 0 fully saturated rings. The van der Waals surface area contributed by atoms with Gasteiger partial charge in [0.25, 0.3) is 0 Å². The molecule has 0 aliphatic heterocycles. The van der Waals surface area contributed by atoms with Crippen LogP contribution in [0.15, 0.2) is 28.7 Å². The fourth-order valence-electron chi connectivity index (χ4n) is 1.45. The van der Waals surface area contributed by atoms with E-state index in [1.807, 2.05) is 24.3 Å². The van der Waals surface area contributed by atoms with Gasteiger partial charge in [-0.15, -0.1) is 0 Å². The molecule has 3 rings (SSSR count). The van der Waals surface area contributed by atoms with Crippen LogP contribution in [0.2, 0.25) is 5.15 Å². The molecule has 0 unspecified atom stereocenters. The molecular formula is C9H5ClN2O. The third-order valence-corrected chi connectivity index (χ3v) is 2.29. The summed E-state index contributed by atoms with van der Waals surface area (Å²) in [5.41, 5.74) is 2.24. The number of rotatable bonds is 0. The van der Waals surface area contributed by atoms with Crippen molar-refractivity contribution in [1.82, 2.24) is 10.2 Å². The number of nitrogens with one attached hydrogen (secondary N) is 1. The molecular weight excluding hydrogens is 188 g/mol. The number of aromatic amines is 1. The number of benzene rings is 1. The number of halogens is 1. The van der Waals surface area contributed by atoms with Gasteiger partial charge in [-0.1, -0.05) is 23.7 Å². The minimum atomic E-state index is 0.450. The van der Waals surface area contributed by atoms with Crippen LogP contribution >= 0.6 is 11.6 Å². The number of furan rings is 1. The van der Waals surface area contributed by atoms with Crippen LogP contribution in [0.25, 0.3) is 22.1 Å². The molecule has 0 atom stereocenters. The maximum atomic E-state index is 5.83. The minimum absolute atomic E-state index is 0.450. The van der Waals surface area contributed by atoms with Gasteiger partial charge in [0, 0.05) is 5.39 Å². The zero-order chi connectivity index (χ0) is 8.84. The molecule has 0 aliphatic rings. The molecule has 13 heavy (non-hydrogen) atoms. The molecule has 64 valence electrons. The second kappa shape index (κ2) is 2.26. The Hall–Kier alpha value is -1.48. The second-order valence-corrected chi connectivity index (χ2v) is 3.19. The zero-order valence-corrected chi connectivity index (χ0v) is 7.30. The molecule has 3 nitrogen and oxygen atoms in total. The Bertz CT molecular complexity index is 581. The average molecular weight is 193 g/mol. The van der Waals surface area contributed by atoms with Crippen LogP contribution in [0, 0.1) is 0 Å². The summed E-state index contributed by atoms with van der Waals surface area (Å²) in [5, 5.41) is 8.16. The van der Waals surface area contributed by atoms with Crippen molar-refractivity contribution in [3.8, 4) is 0 Å². The lowest BCUT2D eigenvalue weighted by Crippen LogP contribution is -1.67. The fraction of sp³-hybridized carbons (Fsp3) is 0. The smallest absolute Gasteiger partial charge is 0.192 e. The lowest BCUT2D eigenvalue weighted by Gasteiger charge is -1.83. The van der Waals surface area contributed by atoms with Crippen LogP contribution < -0.4 is 0 Å². The first-order chi connectivity index (χ1) is 6.36. The molecule has 4 heteroatoms. The van der Waals surface area contributed by atoms with Gasteiger partial charge in [0.05, 0.1) is 0 Å². The zero-order valence-electron chi connectivity index (χ0n) is 6.54. The molecule has 0 bridgehead atoms. The highest BCUT2D eigenvalue weighted by atomic mass is 35.5. The van der Waals surface area contributed by atoms with Crippen LogP contribution in [-0.2, 0) is 0 Å². The van der Waals surface area contributed by atoms with Crippen molar-refractivity contribution in [2.75, 3.05) is 0 Å². The molecule has 1 N–H and O–H groups in total. The van der Waals surface area contributed by atoms with Crippen molar-refractivity contribution in [3.05, 3.63) is 29.4 Å². The molecule has 1 aromatic carbocycles. The van der Waals surface area contributed by atoms with Crippen molar-refractivity contribution in [3.63, 3.8) is 0 Å².